The molecular formula is C13H12BrF3N2O2. The van der Waals surface area contributed by atoms with Crippen molar-refractivity contribution in [2.75, 3.05) is 18.0 Å². The number of carbonyl (C=O) groups is 1. The molecule has 2 saturated heterocycles. The van der Waals surface area contributed by atoms with Gasteiger partial charge in [-0.15, -0.1) is 13.2 Å². The Morgan fingerprint density at radius 2 is 1.86 bits per heavy atom. The quantitative estimate of drug-likeness (QED) is 0.753. The summed E-state index contributed by atoms with van der Waals surface area (Å²) in [5.74, 6) is -0.293. The molecule has 2 fully saturated rings. The number of fused-ring (bicyclic) bond motifs is 1. The minimum Gasteiger partial charge on any atom is -0.406 e. The highest BCUT2D eigenvalue weighted by molar-refractivity contribution is 9.09. The summed E-state index contributed by atoms with van der Waals surface area (Å²) in [6.45, 7) is 1.22. The Morgan fingerprint density at radius 1 is 1.19 bits per heavy atom. The van der Waals surface area contributed by atoms with Crippen molar-refractivity contribution in [1.29, 1.82) is 0 Å². The molecule has 114 valence electrons. The van der Waals surface area contributed by atoms with Crippen molar-refractivity contribution >= 4 is 27.6 Å². The van der Waals surface area contributed by atoms with Crippen molar-refractivity contribution in [3.05, 3.63) is 24.3 Å². The number of alkyl halides is 4. The molecule has 2 amide bonds. The predicted molar refractivity (Wildman–Crippen MR) is 73.7 cm³/mol. The number of nitrogens with zero attached hydrogens (tertiary/aromatic N) is 2. The second kappa shape index (κ2) is 5.08. The van der Waals surface area contributed by atoms with Gasteiger partial charge in [0.1, 0.15) is 5.75 Å². The molecule has 1 aromatic carbocycles. The maximum absolute atomic E-state index is 12.3. The van der Waals surface area contributed by atoms with Gasteiger partial charge in [-0.2, -0.15) is 0 Å². The van der Waals surface area contributed by atoms with E-state index in [-0.39, 0.29) is 17.8 Å². The second-order valence-corrected chi connectivity index (χ2v) is 6.37. The largest absolute Gasteiger partial charge is 0.573 e. The highest BCUT2D eigenvalue weighted by Gasteiger charge is 2.43. The van der Waals surface area contributed by atoms with Gasteiger partial charge in [0, 0.05) is 23.6 Å². The first kappa shape index (κ1) is 14.5. The number of hydrogen-bond acceptors (Lipinski definition) is 2. The first-order valence-corrected chi connectivity index (χ1v) is 7.33. The van der Waals surface area contributed by atoms with Crippen LogP contribution >= 0.6 is 15.9 Å². The highest BCUT2D eigenvalue weighted by Crippen LogP contribution is 2.33. The average molecular weight is 365 g/mol. The van der Waals surface area contributed by atoms with Gasteiger partial charge in [0.15, 0.2) is 0 Å². The van der Waals surface area contributed by atoms with E-state index in [9.17, 15) is 18.0 Å². The monoisotopic (exact) mass is 364 g/mol. The van der Waals surface area contributed by atoms with Crippen LogP contribution in [0.1, 0.15) is 6.42 Å². The van der Waals surface area contributed by atoms with E-state index in [0.29, 0.717) is 23.6 Å². The summed E-state index contributed by atoms with van der Waals surface area (Å²) in [6, 6.07) is 5.42. The van der Waals surface area contributed by atoms with E-state index >= 15 is 0 Å². The third kappa shape index (κ3) is 2.95. The average Bonchev–Trinajstić information content (AvgIpc) is 2.87. The molecule has 21 heavy (non-hydrogen) atoms. The van der Waals surface area contributed by atoms with E-state index in [1.807, 2.05) is 0 Å². The van der Waals surface area contributed by atoms with E-state index in [0.717, 1.165) is 6.42 Å². The summed E-state index contributed by atoms with van der Waals surface area (Å²) in [6.07, 6.45) is -3.82. The van der Waals surface area contributed by atoms with Crippen molar-refractivity contribution in [3.8, 4) is 5.75 Å². The molecule has 2 atom stereocenters. The van der Waals surface area contributed by atoms with E-state index in [4.69, 9.17) is 0 Å². The van der Waals surface area contributed by atoms with Crippen LogP contribution in [0.15, 0.2) is 24.3 Å². The van der Waals surface area contributed by atoms with Gasteiger partial charge in [0.25, 0.3) is 0 Å². The molecule has 0 N–H and O–H groups in total. The third-order valence-corrected chi connectivity index (χ3v) is 4.28. The van der Waals surface area contributed by atoms with Crippen molar-refractivity contribution in [3.63, 3.8) is 0 Å². The van der Waals surface area contributed by atoms with Gasteiger partial charge in [0.05, 0.1) is 6.04 Å². The first-order chi connectivity index (χ1) is 9.83. The summed E-state index contributed by atoms with van der Waals surface area (Å²) in [7, 11) is 0. The summed E-state index contributed by atoms with van der Waals surface area (Å²) in [5, 5.41) is 0. The lowest BCUT2D eigenvalue weighted by Gasteiger charge is -2.18. The topological polar surface area (TPSA) is 32.8 Å². The molecule has 0 radical (unpaired) electrons. The molecule has 0 spiro atoms. The molecule has 0 aliphatic carbocycles. The summed E-state index contributed by atoms with van der Waals surface area (Å²) in [5.41, 5.74) is 0.579. The number of carbonyl (C=O) groups excluding carboxylic acids is 1. The van der Waals surface area contributed by atoms with Gasteiger partial charge in [-0.3, -0.25) is 4.90 Å². The van der Waals surface area contributed by atoms with Crippen molar-refractivity contribution in [1.82, 2.24) is 4.90 Å². The van der Waals surface area contributed by atoms with Crippen LogP contribution in [0, 0.1) is 0 Å². The number of hydrogen-bond donors (Lipinski definition) is 0. The van der Waals surface area contributed by atoms with Crippen LogP contribution in [0.2, 0.25) is 0 Å². The number of benzene rings is 1. The number of amides is 2. The lowest BCUT2D eigenvalue weighted by Crippen LogP contribution is -2.32. The van der Waals surface area contributed by atoms with Gasteiger partial charge in [0.2, 0.25) is 0 Å². The number of halogens is 4. The van der Waals surface area contributed by atoms with Gasteiger partial charge in [-0.25, -0.2) is 4.79 Å². The normalized spacial score (nSPS) is 25.4. The van der Waals surface area contributed by atoms with E-state index in [2.05, 4.69) is 20.7 Å². The smallest absolute Gasteiger partial charge is 0.406 e. The fourth-order valence-electron chi connectivity index (χ4n) is 2.75. The van der Waals surface area contributed by atoms with E-state index < -0.39 is 6.36 Å². The van der Waals surface area contributed by atoms with Gasteiger partial charge < -0.3 is 9.64 Å². The molecule has 2 aliphatic rings. The zero-order chi connectivity index (χ0) is 15.2. The molecule has 3 rings (SSSR count). The first-order valence-electron chi connectivity index (χ1n) is 6.41. The van der Waals surface area contributed by atoms with E-state index in [1.54, 1.807) is 9.80 Å². The maximum Gasteiger partial charge on any atom is 0.573 e. The van der Waals surface area contributed by atoms with Crippen LogP contribution in [-0.2, 0) is 0 Å². The standard InChI is InChI=1S/C13H12BrF3N2O2/c14-8-5-10-7-19(12(20)18(10)6-8)9-1-3-11(4-2-9)21-13(15,16)17/h1-4,8,10H,5-7H2/t8-,10-/m0/s1. The van der Waals surface area contributed by atoms with Crippen LogP contribution in [0.4, 0.5) is 23.7 Å². The summed E-state index contributed by atoms with van der Waals surface area (Å²) in [4.78, 5) is 16.0. The molecule has 8 heteroatoms. The molecule has 1 aromatic rings. The van der Waals surface area contributed by atoms with E-state index in [1.165, 1.54) is 24.3 Å². The molecule has 0 unspecified atom stereocenters. The Morgan fingerprint density at radius 3 is 2.43 bits per heavy atom. The number of rotatable bonds is 2. The predicted octanol–water partition coefficient (Wildman–Crippen LogP) is 3.36. The summed E-state index contributed by atoms with van der Waals surface area (Å²) < 4.78 is 40.1. The fourth-order valence-corrected chi connectivity index (χ4v) is 3.50. The highest BCUT2D eigenvalue weighted by atomic mass is 79.9. The zero-order valence-corrected chi connectivity index (χ0v) is 12.4. The third-order valence-electron chi connectivity index (χ3n) is 3.62. The Bertz CT molecular complexity index is 549. The van der Waals surface area contributed by atoms with Gasteiger partial charge in [-0.05, 0) is 30.7 Å². The SMILES string of the molecule is O=C1N(c2ccc(OC(F)(F)F)cc2)C[C@@H]2C[C@H](Br)CN12. The minimum atomic E-state index is -4.71. The number of ether oxygens (including phenoxy) is 1. The van der Waals surface area contributed by atoms with Crippen LogP contribution in [0.3, 0.4) is 0 Å². The van der Waals surface area contributed by atoms with Gasteiger partial charge >= 0.3 is 12.4 Å². The second-order valence-electron chi connectivity index (χ2n) is 5.07. The molecule has 0 aromatic heterocycles. The van der Waals surface area contributed by atoms with Gasteiger partial charge in [-0.1, -0.05) is 15.9 Å². The number of anilines is 1. The van der Waals surface area contributed by atoms with Crippen LogP contribution in [-0.4, -0.2) is 41.3 Å². The lowest BCUT2D eigenvalue weighted by molar-refractivity contribution is -0.274. The van der Waals surface area contributed by atoms with Crippen molar-refractivity contribution in [2.45, 2.75) is 23.7 Å². The van der Waals surface area contributed by atoms with Crippen LogP contribution in [0.25, 0.3) is 0 Å². The lowest BCUT2D eigenvalue weighted by atomic mass is 10.2. The van der Waals surface area contributed by atoms with Crippen molar-refractivity contribution < 1.29 is 22.7 Å². The Hall–Kier alpha value is -1.44. The molecule has 0 saturated carbocycles. The molecule has 2 heterocycles. The Kier molecular flexibility index (Phi) is 3.51. The van der Waals surface area contributed by atoms with Crippen LogP contribution < -0.4 is 9.64 Å². The minimum absolute atomic E-state index is 0.105. The summed E-state index contributed by atoms with van der Waals surface area (Å²) >= 11 is 3.50. The maximum atomic E-state index is 12.3. The Balaban J connectivity index is 1.72. The number of urea groups is 1. The van der Waals surface area contributed by atoms with Crippen LogP contribution in [0.5, 0.6) is 5.75 Å². The molecular weight excluding hydrogens is 353 g/mol. The molecule has 4 nitrogen and oxygen atoms in total. The fraction of sp³-hybridized carbons (Fsp3) is 0.462. The molecule has 2 aliphatic heterocycles. The molecule has 0 bridgehead atoms. The Labute approximate surface area is 127 Å². The zero-order valence-electron chi connectivity index (χ0n) is 10.8. The van der Waals surface area contributed by atoms with Crippen molar-refractivity contribution in [2.24, 2.45) is 0 Å².